The van der Waals surface area contributed by atoms with Gasteiger partial charge in [-0.2, -0.15) is 0 Å². The first-order valence-corrected chi connectivity index (χ1v) is 9.75. The third kappa shape index (κ3) is 3.16. The Kier molecular flexibility index (Phi) is 4.20. The Morgan fingerprint density at radius 1 is 1.18 bits per heavy atom. The van der Waals surface area contributed by atoms with Crippen LogP contribution in [0.5, 0.6) is 0 Å². The fourth-order valence-electron chi connectivity index (χ4n) is 2.02. The highest BCUT2D eigenvalue weighted by Gasteiger charge is 2.16. The number of hydrogen-bond acceptors (Lipinski definition) is 4. The summed E-state index contributed by atoms with van der Waals surface area (Å²) in [6.45, 7) is 2.03. The summed E-state index contributed by atoms with van der Waals surface area (Å²) in [6.07, 6.45) is 0.875. The number of fused-ring (bicyclic) bond motifs is 1. The highest BCUT2D eigenvalue weighted by Crippen LogP contribution is 2.29. The van der Waals surface area contributed by atoms with E-state index in [9.17, 15) is 8.42 Å². The normalized spacial score (nSPS) is 11.7. The maximum Gasteiger partial charge on any atom is 0.263 e. The van der Waals surface area contributed by atoms with Gasteiger partial charge in [-0.25, -0.2) is 13.4 Å². The molecule has 0 bridgehead atoms. The minimum absolute atomic E-state index is 0.241. The third-order valence-corrected chi connectivity index (χ3v) is 6.12. The first-order chi connectivity index (χ1) is 10.5. The molecule has 0 radical (unpaired) electrons. The number of halogens is 1. The van der Waals surface area contributed by atoms with Crippen LogP contribution in [0, 0.1) is 0 Å². The molecule has 0 aliphatic carbocycles. The van der Waals surface area contributed by atoms with Gasteiger partial charge in [0.2, 0.25) is 0 Å². The van der Waals surface area contributed by atoms with Gasteiger partial charge >= 0.3 is 0 Å². The number of nitrogens with one attached hydrogen (secondary N) is 1. The van der Waals surface area contributed by atoms with Gasteiger partial charge in [0.25, 0.3) is 10.0 Å². The van der Waals surface area contributed by atoms with E-state index in [2.05, 4.69) is 25.6 Å². The van der Waals surface area contributed by atoms with E-state index in [1.807, 2.05) is 37.3 Å². The summed E-state index contributed by atoms with van der Waals surface area (Å²) in [4.78, 5) is 4.55. The van der Waals surface area contributed by atoms with Crippen molar-refractivity contribution >= 4 is 52.6 Å². The molecule has 0 fully saturated rings. The molecule has 0 unspecified atom stereocenters. The summed E-state index contributed by atoms with van der Waals surface area (Å²) < 4.78 is 29.2. The lowest BCUT2D eigenvalue weighted by atomic mass is 10.2. The van der Waals surface area contributed by atoms with E-state index in [0.29, 0.717) is 5.13 Å². The molecule has 1 N–H and O–H groups in total. The summed E-state index contributed by atoms with van der Waals surface area (Å²) in [6, 6.07) is 12.5. The van der Waals surface area contributed by atoms with Crippen molar-refractivity contribution in [3.05, 3.63) is 52.5 Å². The molecule has 3 aromatic rings. The number of thiazole rings is 1. The topological polar surface area (TPSA) is 59.1 Å². The van der Waals surface area contributed by atoms with Gasteiger partial charge in [-0.1, -0.05) is 46.3 Å². The van der Waals surface area contributed by atoms with Gasteiger partial charge in [-0.15, -0.1) is 0 Å². The highest BCUT2D eigenvalue weighted by molar-refractivity contribution is 9.10. The van der Waals surface area contributed by atoms with E-state index < -0.39 is 10.0 Å². The number of anilines is 1. The Morgan fingerprint density at radius 3 is 2.59 bits per heavy atom. The number of aryl methyl sites for hydroxylation is 1. The van der Waals surface area contributed by atoms with Gasteiger partial charge in [0.05, 0.1) is 15.1 Å². The molecule has 0 spiro atoms. The first-order valence-electron chi connectivity index (χ1n) is 6.66. The van der Waals surface area contributed by atoms with E-state index in [-0.39, 0.29) is 4.90 Å². The molecule has 0 aliphatic heterocycles. The van der Waals surface area contributed by atoms with Crippen LogP contribution in [0.2, 0.25) is 0 Å². The number of rotatable bonds is 4. The first kappa shape index (κ1) is 15.5. The maximum absolute atomic E-state index is 12.4. The molecule has 0 amide bonds. The lowest BCUT2D eigenvalue weighted by Gasteiger charge is -2.05. The van der Waals surface area contributed by atoms with Crippen LogP contribution in [-0.4, -0.2) is 13.4 Å². The molecule has 22 heavy (non-hydrogen) atoms. The molecule has 0 atom stereocenters. The standard InChI is InChI=1S/C15H13BrN2O2S2/c1-2-10-3-6-12(7-4-10)22(19,20)18-15-17-13-8-5-11(16)9-14(13)21-15/h3-9H,2H2,1H3,(H,17,18). The zero-order valence-corrected chi connectivity index (χ0v) is 14.9. The Hall–Kier alpha value is -1.44. The molecule has 0 aliphatic rings. The lowest BCUT2D eigenvalue weighted by Crippen LogP contribution is -2.12. The molecule has 0 saturated carbocycles. The molecular formula is C15H13BrN2O2S2. The Balaban J connectivity index is 1.91. The van der Waals surface area contributed by atoms with Crippen molar-refractivity contribution in [2.45, 2.75) is 18.2 Å². The molecular weight excluding hydrogens is 384 g/mol. The van der Waals surface area contributed by atoms with Crippen molar-refractivity contribution in [1.29, 1.82) is 0 Å². The van der Waals surface area contributed by atoms with Crippen molar-refractivity contribution in [3.63, 3.8) is 0 Å². The molecule has 114 valence electrons. The fraction of sp³-hybridized carbons (Fsp3) is 0.133. The van der Waals surface area contributed by atoms with Crippen LogP contribution in [0.25, 0.3) is 10.2 Å². The van der Waals surface area contributed by atoms with E-state index >= 15 is 0 Å². The lowest BCUT2D eigenvalue weighted by molar-refractivity contribution is 0.601. The minimum atomic E-state index is -3.61. The summed E-state index contributed by atoms with van der Waals surface area (Å²) in [5, 5.41) is 0.368. The summed E-state index contributed by atoms with van der Waals surface area (Å²) in [5.41, 5.74) is 1.87. The molecule has 7 heteroatoms. The van der Waals surface area contributed by atoms with E-state index in [1.165, 1.54) is 11.3 Å². The second-order valence-corrected chi connectivity index (χ2v) is 8.36. The molecule has 0 saturated heterocycles. The van der Waals surface area contributed by atoms with E-state index in [0.717, 1.165) is 26.7 Å². The van der Waals surface area contributed by atoms with Crippen molar-refractivity contribution in [2.24, 2.45) is 0 Å². The zero-order chi connectivity index (χ0) is 15.7. The minimum Gasteiger partial charge on any atom is -0.255 e. The van der Waals surface area contributed by atoms with Crippen molar-refractivity contribution in [3.8, 4) is 0 Å². The smallest absolute Gasteiger partial charge is 0.255 e. The Labute approximate surface area is 141 Å². The third-order valence-electron chi connectivity index (χ3n) is 3.21. The highest BCUT2D eigenvalue weighted by atomic mass is 79.9. The molecule has 1 aromatic heterocycles. The van der Waals surface area contributed by atoms with Crippen LogP contribution in [0.15, 0.2) is 51.8 Å². The second kappa shape index (κ2) is 5.98. The average molecular weight is 397 g/mol. The number of hydrogen-bond donors (Lipinski definition) is 1. The van der Waals surface area contributed by atoms with Crippen molar-refractivity contribution in [1.82, 2.24) is 4.98 Å². The number of sulfonamides is 1. The average Bonchev–Trinajstić information content (AvgIpc) is 2.87. The molecule has 2 aromatic carbocycles. The van der Waals surface area contributed by atoms with Gasteiger partial charge in [0, 0.05) is 4.47 Å². The van der Waals surface area contributed by atoms with Crippen LogP contribution in [0.3, 0.4) is 0 Å². The van der Waals surface area contributed by atoms with Crippen LogP contribution < -0.4 is 4.72 Å². The fourth-order valence-corrected chi connectivity index (χ4v) is 4.67. The van der Waals surface area contributed by atoms with Crippen LogP contribution >= 0.6 is 27.3 Å². The zero-order valence-electron chi connectivity index (χ0n) is 11.7. The monoisotopic (exact) mass is 396 g/mol. The molecule has 1 heterocycles. The van der Waals surface area contributed by atoms with Gasteiger partial charge in [-0.05, 0) is 42.3 Å². The van der Waals surface area contributed by atoms with Gasteiger partial charge in [0.15, 0.2) is 5.13 Å². The van der Waals surface area contributed by atoms with Gasteiger partial charge in [-0.3, -0.25) is 4.72 Å². The van der Waals surface area contributed by atoms with E-state index in [4.69, 9.17) is 0 Å². The van der Waals surface area contributed by atoms with Gasteiger partial charge < -0.3 is 0 Å². The number of aromatic nitrogens is 1. The SMILES string of the molecule is CCc1ccc(S(=O)(=O)Nc2nc3ccc(Br)cc3s2)cc1. The predicted molar refractivity (Wildman–Crippen MR) is 93.9 cm³/mol. The Bertz CT molecular complexity index is 918. The van der Waals surface area contributed by atoms with Crippen LogP contribution in [0.1, 0.15) is 12.5 Å². The van der Waals surface area contributed by atoms with Crippen molar-refractivity contribution in [2.75, 3.05) is 4.72 Å². The quantitative estimate of drug-likeness (QED) is 0.709. The predicted octanol–water partition coefficient (Wildman–Crippen LogP) is 4.42. The number of nitrogens with zero attached hydrogens (tertiary/aromatic N) is 1. The van der Waals surface area contributed by atoms with Gasteiger partial charge in [0.1, 0.15) is 0 Å². The summed E-state index contributed by atoms with van der Waals surface area (Å²) in [5.74, 6) is 0. The summed E-state index contributed by atoms with van der Waals surface area (Å²) in [7, 11) is -3.61. The molecule has 3 rings (SSSR count). The largest absolute Gasteiger partial charge is 0.263 e. The van der Waals surface area contributed by atoms with Crippen molar-refractivity contribution < 1.29 is 8.42 Å². The second-order valence-electron chi connectivity index (χ2n) is 4.73. The van der Waals surface area contributed by atoms with Crippen LogP contribution in [-0.2, 0) is 16.4 Å². The maximum atomic E-state index is 12.4. The Morgan fingerprint density at radius 2 is 1.91 bits per heavy atom. The van der Waals surface area contributed by atoms with E-state index in [1.54, 1.807) is 12.1 Å². The number of benzene rings is 2. The van der Waals surface area contributed by atoms with Crippen LogP contribution in [0.4, 0.5) is 5.13 Å². The summed E-state index contributed by atoms with van der Waals surface area (Å²) >= 11 is 4.70. The molecule has 4 nitrogen and oxygen atoms in total.